The highest BCUT2D eigenvalue weighted by atomic mass is 32.2. The van der Waals surface area contributed by atoms with Crippen LogP contribution in [-0.4, -0.2) is 39.5 Å². The fourth-order valence-corrected chi connectivity index (χ4v) is 3.15. The molecule has 1 aliphatic heterocycles. The highest BCUT2D eigenvalue weighted by Gasteiger charge is 2.22. The number of carbonyl (C=O) groups excluding carboxylic acids is 1. The van der Waals surface area contributed by atoms with Crippen LogP contribution in [0.1, 0.15) is 10.4 Å². The Bertz CT molecular complexity index is 944. The fraction of sp³-hybridized carbons (Fsp3) is 0.188. The topological polar surface area (TPSA) is 84.9 Å². The van der Waals surface area contributed by atoms with E-state index in [-0.39, 0.29) is 17.3 Å². The van der Waals surface area contributed by atoms with Crippen molar-refractivity contribution in [2.45, 2.75) is 4.90 Å². The monoisotopic (exact) mass is 366 g/mol. The molecule has 0 bridgehead atoms. The Morgan fingerprint density at radius 3 is 2.56 bits per heavy atom. The molecule has 0 saturated carbocycles. The molecular formula is C16H15FN2O5S. The van der Waals surface area contributed by atoms with Crippen LogP contribution in [-0.2, 0) is 10.0 Å². The van der Waals surface area contributed by atoms with Crippen LogP contribution in [0, 0.1) is 5.82 Å². The number of benzene rings is 2. The molecule has 25 heavy (non-hydrogen) atoms. The number of hydrogen-bond donors (Lipinski definition) is 1. The first-order valence-corrected chi connectivity index (χ1v) is 8.66. The molecule has 0 aromatic heterocycles. The lowest BCUT2D eigenvalue weighted by Crippen LogP contribution is -2.23. The number of fused-ring (bicyclic) bond motifs is 1. The first-order valence-electron chi connectivity index (χ1n) is 7.22. The summed E-state index contributed by atoms with van der Waals surface area (Å²) < 4.78 is 49.7. The van der Waals surface area contributed by atoms with E-state index in [1.54, 1.807) is 18.2 Å². The number of halogens is 1. The van der Waals surface area contributed by atoms with E-state index in [9.17, 15) is 17.6 Å². The molecule has 2 aromatic rings. The van der Waals surface area contributed by atoms with Gasteiger partial charge < -0.3 is 14.8 Å². The molecule has 0 unspecified atom stereocenters. The minimum absolute atomic E-state index is 0.0891. The lowest BCUT2D eigenvalue weighted by atomic mass is 10.2. The molecule has 1 heterocycles. The van der Waals surface area contributed by atoms with Crippen molar-refractivity contribution >= 4 is 21.6 Å². The third kappa shape index (κ3) is 3.28. The largest absolute Gasteiger partial charge is 0.454 e. The van der Waals surface area contributed by atoms with E-state index in [2.05, 4.69) is 5.32 Å². The molecular weight excluding hydrogens is 351 g/mol. The number of nitrogens with zero attached hydrogens (tertiary/aromatic N) is 1. The van der Waals surface area contributed by atoms with E-state index in [4.69, 9.17) is 9.47 Å². The zero-order valence-electron chi connectivity index (χ0n) is 13.4. The third-order valence-electron chi connectivity index (χ3n) is 3.59. The molecule has 0 fully saturated rings. The van der Waals surface area contributed by atoms with Crippen molar-refractivity contribution in [3.05, 3.63) is 47.8 Å². The summed E-state index contributed by atoms with van der Waals surface area (Å²) in [6.45, 7) is 0.0891. The first-order chi connectivity index (χ1) is 11.8. The van der Waals surface area contributed by atoms with E-state index in [1.165, 1.54) is 14.1 Å². The average Bonchev–Trinajstić information content (AvgIpc) is 3.02. The number of anilines is 1. The smallest absolute Gasteiger partial charge is 0.258 e. The molecule has 0 aliphatic carbocycles. The van der Waals surface area contributed by atoms with Gasteiger partial charge in [0.15, 0.2) is 11.5 Å². The molecule has 0 saturated heterocycles. The maximum absolute atomic E-state index is 14.0. The summed E-state index contributed by atoms with van der Waals surface area (Å²) in [5, 5.41) is 2.51. The predicted molar refractivity (Wildman–Crippen MR) is 87.8 cm³/mol. The quantitative estimate of drug-likeness (QED) is 0.895. The van der Waals surface area contributed by atoms with Crippen LogP contribution < -0.4 is 14.8 Å². The molecule has 132 valence electrons. The van der Waals surface area contributed by atoms with E-state index in [1.807, 2.05) is 0 Å². The van der Waals surface area contributed by atoms with Crippen LogP contribution in [0.25, 0.3) is 0 Å². The Morgan fingerprint density at radius 2 is 1.84 bits per heavy atom. The molecule has 3 rings (SSSR count). The summed E-state index contributed by atoms with van der Waals surface area (Å²) in [6, 6.07) is 7.80. The Labute approximate surface area is 144 Å². The van der Waals surface area contributed by atoms with E-state index in [0.717, 1.165) is 22.5 Å². The molecule has 1 amide bonds. The highest BCUT2D eigenvalue weighted by molar-refractivity contribution is 7.89. The summed E-state index contributed by atoms with van der Waals surface area (Å²) in [4.78, 5) is 12.2. The van der Waals surface area contributed by atoms with Gasteiger partial charge in [-0.05, 0) is 30.3 Å². The maximum Gasteiger partial charge on any atom is 0.258 e. The Kier molecular flexibility index (Phi) is 4.36. The number of rotatable bonds is 4. The first kappa shape index (κ1) is 17.2. The van der Waals surface area contributed by atoms with Crippen molar-refractivity contribution < 1.29 is 27.1 Å². The van der Waals surface area contributed by atoms with Crippen molar-refractivity contribution in [3.8, 4) is 11.5 Å². The van der Waals surface area contributed by atoms with Crippen LogP contribution in [0.15, 0.2) is 41.3 Å². The van der Waals surface area contributed by atoms with Gasteiger partial charge in [0, 0.05) is 25.8 Å². The van der Waals surface area contributed by atoms with Crippen molar-refractivity contribution in [2.75, 3.05) is 26.2 Å². The predicted octanol–water partition coefficient (Wildman–Crippen LogP) is 2.06. The highest BCUT2D eigenvalue weighted by Crippen LogP contribution is 2.34. The zero-order chi connectivity index (χ0) is 18.2. The van der Waals surface area contributed by atoms with Crippen molar-refractivity contribution in [1.29, 1.82) is 0 Å². The van der Waals surface area contributed by atoms with E-state index >= 15 is 0 Å². The van der Waals surface area contributed by atoms with Gasteiger partial charge in [0.25, 0.3) is 5.91 Å². The Morgan fingerprint density at radius 1 is 1.12 bits per heavy atom. The van der Waals surface area contributed by atoms with Crippen LogP contribution in [0.5, 0.6) is 11.5 Å². The van der Waals surface area contributed by atoms with Gasteiger partial charge in [-0.1, -0.05) is 0 Å². The molecule has 9 heteroatoms. The van der Waals surface area contributed by atoms with Gasteiger partial charge >= 0.3 is 0 Å². The molecule has 0 radical (unpaired) electrons. The summed E-state index contributed by atoms with van der Waals surface area (Å²) >= 11 is 0. The summed E-state index contributed by atoms with van der Waals surface area (Å²) in [5.74, 6) is -0.589. The normalized spacial score (nSPS) is 13.1. The van der Waals surface area contributed by atoms with Crippen molar-refractivity contribution in [3.63, 3.8) is 0 Å². The summed E-state index contributed by atoms with van der Waals surface area (Å²) in [7, 11) is -1.08. The van der Waals surface area contributed by atoms with Crippen LogP contribution in [0.4, 0.5) is 10.1 Å². The third-order valence-corrected chi connectivity index (χ3v) is 5.40. The zero-order valence-corrected chi connectivity index (χ0v) is 14.3. The van der Waals surface area contributed by atoms with Gasteiger partial charge in [-0.2, -0.15) is 0 Å². The van der Waals surface area contributed by atoms with Crippen LogP contribution in [0.2, 0.25) is 0 Å². The van der Waals surface area contributed by atoms with Gasteiger partial charge in [-0.3, -0.25) is 4.79 Å². The van der Waals surface area contributed by atoms with E-state index in [0.29, 0.717) is 17.2 Å². The molecule has 0 atom stereocenters. The minimum atomic E-state index is -3.78. The minimum Gasteiger partial charge on any atom is -0.454 e. The van der Waals surface area contributed by atoms with E-state index < -0.39 is 21.7 Å². The second-order valence-electron chi connectivity index (χ2n) is 5.45. The molecule has 0 spiro atoms. The van der Waals surface area contributed by atoms with Gasteiger partial charge in [0.2, 0.25) is 16.8 Å². The number of hydrogen-bond acceptors (Lipinski definition) is 5. The molecule has 2 aromatic carbocycles. The number of ether oxygens (including phenoxy) is 2. The summed E-state index contributed by atoms with van der Waals surface area (Å²) in [5.41, 5.74) is -0.00453. The number of sulfonamides is 1. The number of nitrogens with one attached hydrogen (secondary N) is 1. The second-order valence-corrected chi connectivity index (χ2v) is 7.60. The van der Waals surface area contributed by atoms with Crippen molar-refractivity contribution in [2.24, 2.45) is 0 Å². The van der Waals surface area contributed by atoms with Gasteiger partial charge in [0.05, 0.1) is 10.5 Å². The van der Waals surface area contributed by atoms with Crippen LogP contribution in [0.3, 0.4) is 0 Å². The van der Waals surface area contributed by atoms with Gasteiger partial charge in [0.1, 0.15) is 5.82 Å². The average molecular weight is 366 g/mol. The van der Waals surface area contributed by atoms with Crippen molar-refractivity contribution in [1.82, 2.24) is 4.31 Å². The lowest BCUT2D eigenvalue weighted by molar-refractivity contribution is 0.102. The van der Waals surface area contributed by atoms with Crippen LogP contribution >= 0.6 is 0 Å². The Balaban J connectivity index is 1.89. The lowest BCUT2D eigenvalue weighted by Gasteiger charge is -2.13. The standard InChI is InChI=1S/C16H15FN2O5S/c1-19(2)25(21,22)11-4-5-13(17)12(8-11)16(20)18-10-3-6-14-15(7-10)24-9-23-14/h3-8H,9H2,1-2H3,(H,18,20). The second kappa shape index (κ2) is 6.34. The number of amides is 1. The SMILES string of the molecule is CN(C)S(=O)(=O)c1ccc(F)c(C(=O)Nc2ccc3c(c2)OCO3)c1. The molecule has 7 nitrogen and oxygen atoms in total. The van der Waals surface area contributed by atoms with Gasteiger partial charge in [-0.25, -0.2) is 17.1 Å². The fourth-order valence-electron chi connectivity index (χ4n) is 2.22. The molecule has 1 aliphatic rings. The van der Waals surface area contributed by atoms with Gasteiger partial charge in [-0.15, -0.1) is 0 Å². The Hall–Kier alpha value is -2.65. The molecule has 1 N–H and O–H groups in total. The maximum atomic E-state index is 14.0. The summed E-state index contributed by atoms with van der Waals surface area (Å²) in [6.07, 6.45) is 0. The number of carbonyl (C=O) groups is 1.